The topological polar surface area (TPSA) is 103 Å². The van der Waals surface area contributed by atoms with Gasteiger partial charge < -0.3 is 19.4 Å². The van der Waals surface area contributed by atoms with E-state index in [0.29, 0.717) is 54.0 Å². The number of nitriles is 1. The number of hydrogen-bond acceptors (Lipinski definition) is 9. The molecule has 5 rings (SSSR count). The molecular weight excluding hydrogens is 531 g/mol. The summed E-state index contributed by atoms with van der Waals surface area (Å²) in [5.74, 6) is 1.28. The van der Waals surface area contributed by atoms with Gasteiger partial charge in [-0.25, -0.2) is 23.8 Å². The number of fused-ring (bicyclic) bond motifs is 1. The first-order chi connectivity index (χ1) is 19.1. The highest BCUT2D eigenvalue weighted by atomic mass is 32.1. The first kappa shape index (κ1) is 27.3. The molecule has 208 valence electrons. The Morgan fingerprint density at radius 2 is 1.90 bits per heavy atom. The van der Waals surface area contributed by atoms with Gasteiger partial charge in [-0.15, -0.1) is 0 Å². The predicted octanol–water partition coefficient (Wildman–Crippen LogP) is 5.41. The number of halogens is 1. The summed E-state index contributed by atoms with van der Waals surface area (Å²) >= 11 is 1.28. The van der Waals surface area contributed by atoms with Crippen molar-refractivity contribution in [3.05, 3.63) is 47.2 Å². The molecule has 1 saturated heterocycles. The number of nitrogens with zero attached hydrogens (tertiary/aromatic N) is 8. The van der Waals surface area contributed by atoms with Crippen molar-refractivity contribution < 1.29 is 13.9 Å². The Kier molecular flexibility index (Phi) is 7.33. The largest absolute Gasteiger partial charge is 0.444 e. The molecule has 0 spiro atoms. The van der Waals surface area contributed by atoms with E-state index < -0.39 is 5.60 Å². The number of carbonyl (C=O) groups is 1. The zero-order valence-electron chi connectivity index (χ0n) is 23.2. The summed E-state index contributed by atoms with van der Waals surface area (Å²) < 4.78 is 20.9. The Morgan fingerprint density at radius 3 is 2.52 bits per heavy atom. The number of pyridine rings is 1. The van der Waals surface area contributed by atoms with Gasteiger partial charge >= 0.3 is 6.09 Å². The molecule has 40 heavy (non-hydrogen) atoms. The van der Waals surface area contributed by atoms with E-state index in [2.05, 4.69) is 16.0 Å². The van der Waals surface area contributed by atoms with Gasteiger partial charge in [0.25, 0.3) is 0 Å². The maximum absolute atomic E-state index is 13.5. The van der Waals surface area contributed by atoms with Crippen LogP contribution in [-0.2, 0) is 11.3 Å². The highest BCUT2D eigenvalue weighted by Gasteiger charge is 2.27. The van der Waals surface area contributed by atoms with E-state index >= 15 is 0 Å². The lowest BCUT2D eigenvalue weighted by molar-refractivity contribution is 0.0240. The number of anilines is 3. The first-order valence-corrected chi connectivity index (χ1v) is 13.9. The minimum absolute atomic E-state index is 0.302. The first-order valence-electron chi connectivity index (χ1n) is 13.1. The number of thiazole rings is 1. The predicted molar refractivity (Wildman–Crippen MR) is 154 cm³/mol. The maximum Gasteiger partial charge on any atom is 0.410 e. The van der Waals surface area contributed by atoms with E-state index in [0.717, 1.165) is 22.5 Å². The molecule has 4 heterocycles. The lowest BCUT2D eigenvalue weighted by atomic mass is 10.1. The highest BCUT2D eigenvalue weighted by molar-refractivity contribution is 7.16. The van der Waals surface area contributed by atoms with Crippen LogP contribution in [0.3, 0.4) is 0 Å². The van der Waals surface area contributed by atoms with Gasteiger partial charge in [0.2, 0.25) is 0 Å². The fourth-order valence-electron chi connectivity index (χ4n) is 4.63. The van der Waals surface area contributed by atoms with Crippen LogP contribution in [0, 0.1) is 17.1 Å². The van der Waals surface area contributed by atoms with Crippen LogP contribution in [0.4, 0.5) is 26.0 Å². The Hall–Kier alpha value is -4.24. The third-order valence-corrected chi connectivity index (χ3v) is 7.61. The van der Waals surface area contributed by atoms with Gasteiger partial charge in [0.1, 0.15) is 45.2 Å². The molecule has 4 aromatic rings. The summed E-state index contributed by atoms with van der Waals surface area (Å²) in [5, 5.41) is 16.1. The number of piperazine rings is 1. The van der Waals surface area contributed by atoms with Crippen LogP contribution in [0.25, 0.3) is 22.2 Å². The second-order valence-electron chi connectivity index (χ2n) is 10.5. The van der Waals surface area contributed by atoms with Crippen molar-refractivity contribution in [1.82, 2.24) is 24.6 Å². The molecule has 1 aromatic carbocycles. The quantitative estimate of drug-likeness (QED) is 0.318. The van der Waals surface area contributed by atoms with Gasteiger partial charge in [-0.1, -0.05) is 11.3 Å². The third-order valence-electron chi connectivity index (χ3n) is 6.58. The Balaban J connectivity index is 1.43. The van der Waals surface area contributed by atoms with Gasteiger partial charge in [0.05, 0.1) is 6.20 Å². The van der Waals surface area contributed by atoms with E-state index in [9.17, 15) is 14.4 Å². The number of benzene rings is 1. The second-order valence-corrected chi connectivity index (χ2v) is 11.5. The number of aryl methyl sites for hydroxylation is 1. The van der Waals surface area contributed by atoms with E-state index in [-0.39, 0.29) is 11.9 Å². The molecular formula is C28H31FN8O2S. The van der Waals surface area contributed by atoms with Gasteiger partial charge in [0, 0.05) is 50.7 Å². The van der Waals surface area contributed by atoms with Gasteiger partial charge in [-0.2, -0.15) is 10.4 Å². The maximum atomic E-state index is 13.5. The zero-order chi connectivity index (χ0) is 28.6. The van der Waals surface area contributed by atoms with Gasteiger partial charge in [0.15, 0.2) is 5.13 Å². The lowest BCUT2D eigenvalue weighted by Gasteiger charge is -2.36. The number of carbonyl (C=O) groups excluding carboxylic acids is 1. The number of hydrogen-bond donors (Lipinski definition) is 0. The third kappa shape index (κ3) is 5.42. The van der Waals surface area contributed by atoms with Crippen molar-refractivity contribution in [2.24, 2.45) is 0 Å². The smallest absolute Gasteiger partial charge is 0.410 e. The summed E-state index contributed by atoms with van der Waals surface area (Å²) in [4.78, 5) is 28.2. The van der Waals surface area contributed by atoms with Crippen molar-refractivity contribution in [2.75, 3.05) is 43.0 Å². The molecule has 0 atom stereocenters. The molecule has 0 N–H and O–H groups in total. The zero-order valence-corrected chi connectivity index (χ0v) is 24.0. The highest BCUT2D eigenvalue weighted by Crippen LogP contribution is 2.38. The van der Waals surface area contributed by atoms with Crippen LogP contribution >= 0.6 is 11.3 Å². The molecule has 0 bridgehead atoms. The van der Waals surface area contributed by atoms with Crippen LogP contribution < -0.4 is 9.80 Å². The average Bonchev–Trinajstić information content (AvgIpc) is 3.53. The lowest BCUT2D eigenvalue weighted by Crippen LogP contribution is -2.50. The fourth-order valence-corrected chi connectivity index (χ4v) is 5.48. The van der Waals surface area contributed by atoms with Crippen LogP contribution in [0.2, 0.25) is 0 Å². The van der Waals surface area contributed by atoms with E-state index in [1.165, 1.54) is 23.5 Å². The standard InChI is InChI=1S/C28H31FN8O2S/c1-6-37-25(34(5)26-32-24(22(16-30)40-26)18-7-9-19(29)10-8-18)20-15-23(31-17-21(20)33-37)35-11-13-36(14-12-35)27(38)39-28(2,3)4/h7-10,15,17H,6,11-14H2,1-5H3. The fraction of sp³-hybridized carbons (Fsp3) is 0.393. The number of amides is 1. The molecule has 12 heteroatoms. The summed E-state index contributed by atoms with van der Waals surface area (Å²) in [6.45, 7) is 10.6. The molecule has 0 saturated carbocycles. The summed E-state index contributed by atoms with van der Waals surface area (Å²) in [6.07, 6.45) is 1.46. The van der Waals surface area contributed by atoms with E-state index in [1.807, 2.05) is 50.4 Å². The van der Waals surface area contributed by atoms with E-state index in [4.69, 9.17) is 14.8 Å². The minimum atomic E-state index is -0.534. The normalized spacial score (nSPS) is 13.9. The molecule has 1 aliphatic heterocycles. The molecule has 0 aliphatic carbocycles. The van der Waals surface area contributed by atoms with Crippen LogP contribution in [0.5, 0.6) is 0 Å². The molecule has 0 radical (unpaired) electrons. The van der Waals surface area contributed by atoms with Gasteiger partial charge in [-0.3, -0.25) is 0 Å². The Labute approximate surface area is 236 Å². The van der Waals surface area contributed by atoms with Crippen LogP contribution in [0.1, 0.15) is 32.6 Å². The SMILES string of the molecule is CCn1nc2cnc(N3CCN(C(=O)OC(C)(C)C)CC3)cc2c1N(C)c1nc(-c2ccc(F)cc2)c(C#N)s1. The number of aromatic nitrogens is 4. The molecule has 1 aliphatic rings. The summed E-state index contributed by atoms with van der Waals surface area (Å²) in [5.41, 5.74) is 1.41. The van der Waals surface area contributed by atoms with Crippen molar-refractivity contribution >= 4 is 45.1 Å². The van der Waals surface area contributed by atoms with E-state index in [1.54, 1.807) is 23.2 Å². The molecule has 10 nitrogen and oxygen atoms in total. The van der Waals surface area contributed by atoms with Crippen molar-refractivity contribution in [2.45, 2.75) is 39.8 Å². The summed E-state index contributed by atoms with van der Waals surface area (Å²) in [6, 6.07) is 10.2. The van der Waals surface area contributed by atoms with Crippen molar-refractivity contribution in [1.29, 1.82) is 5.26 Å². The van der Waals surface area contributed by atoms with Crippen LogP contribution in [0.15, 0.2) is 36.5 Å². The second kappa shape index (κ2) is 10.7. The molecule has 0 unspecified atom stereocenters. The number of ether oxygens (including phenoxy) is 1. The van der Waals surface area contributed by atoms with Crippen LogP contribution in [-0.4, -0.2) is 69.6 Å². The average molecular weight is 563 g/mol. The van der Waals surface area contributed by atoms with Gasteiger partial charge in [-0.05, 0) is 58.0 Å². The number of rotatable bonds is 5. The Bertz CT molecular complexity index is 1580. The Morgan fingerprint density at radius 1 is 1.20 bits per heavy atom. The summed E-state index contributed by atoms with van der Waals surface area (Å²) in [7, 11) is 1.90. The monoisotopic (exact) mass is 562 g/mol. The molecule has 1 fully saturated rings. The van der Waals surface area contributed by atoms with Crippen molar-refractivity contribution in [3.63, 3.8) is 0 Å². The molecule has 3 aromatic heterocycles. The minimum Gasteiger partial charge on any atom is -0.444 e. The van der Waals surface area contributed by atoms with Crippen molar-refractivity contribution in [3.8, 4) is 17.3 Å². The molecule has 1 amide bonds.